The summed E-state index contributed by atoms with van der Waals surface area (Å²) in [6.45, 7) is 3.38. The van der Waals surface area contributed by atoms with E-state index in [4.69, 9.17) is 9.84 Å². The zero-order chi connectivity index (χ0) is 22.7. The molecule has 3 atom stereocenters. The van der Waals surface area contributed by atoms with Gasteiger partial charge in [-0.15, -0.1) is 10.2 Å². The van der Waals surface area contributed by atoms with Gasteiger partial charge in [-0.3, -0.25) is 4.79 Å². The van der Waals surface area contributed by atoms with E-state index in [2.05, 4.69) is 26.7 Å². The van der Waals surface area contributed by atoms with Crippen molar-refractivity contribution in [3.8, 4) is 17.0 Å². The topological polar surface area (TPSA) is 102 Å². The normalized spacial score (nSPS) is 22.3. The lowest BCUT2D eigenvalue weighted by Gasteiger charge is -2.18. The summed E-state index contributed by atoms with van der Waals surface area (Å²) in [5, 5.41) is 16.5. The van der Waals surface area contributed by atoms with Gasteiger partial charge in [0.1, 0.15) is 11.0 Å². The van der Waals surface area contributed by atoms with Crippen molar-refractivity contribution in [3.63, 3.8) is 0 Å². The van der Waals surface area contributed by atoms with Gasteiger partial charge in [0.15, 0.2) is 0 Å². The Morgan fingerprint density at radius 2 is 1.97 bits per heavy atom. The third kappa shape index (κ3) is 3.28. The zero-order valence-electron chi connectivity index (χ0n) is 18.9. The van der Waals surface area contributed by atoms with Crippen LogP contribution in [0.15, 0.2) is 30.5 Å². The van der Waals surface area contributed by atoms with Gasteiger partial charge in [-0.1, -0.05) is 11.3 Å². The van der Waals surface area contributed by atoms with Crippen LogP contribution in [0, 0.1) is 11.8 Å². The number of ether oxygens (including phenoxy) is 1. The Hall–Kier alpha value is -3.69. The van der Waals surface area contributed by atoms with Crippen LogP contribution in [0.3, 0.4) is 0 Å². The number of hydrogen-bond donors (Lipinski definition) is 1. The van der Waals surface area contributed by atoms with Crippen molar-refractivity contribution in [1.82, 2.24) is 34.5 Å². The van der Waals surface area contributed by atoms with Crippen molar-refractivity contribution in [1.29, 1.82) is 0 Å². The number of methoxy groups -OCH3 is 1. The number of carbonyl (C=O) groups is 1. The summed E-state index contributed by atoms with van der Waals surface area (Å²) in [5.74, 6) is 2.35. The monoisotopic (exact) mass is 446 g/mol. The fourth-order valence-electron chi connectivity index (χ4n) is 5.48. The Morgan fingerprint density at radius 3 is 2.70 bits per heavy atom. The molecule has 3 aromatic heterocycles. The number of benzene rings is 1. The average molecular weight is 447 g/mol. The molecule has 33 heavy (non-hydrogen) atoms. The number of aromatic nitrogens is 6. The van der Waals surface area contributed by atoms with Gasteiger partial charge in [0.05, 0.1) is 12.6 Å². The van der Waals surface area contributed by atoms with Crippen LogP contribution in [0.5, 0.6) is 5.88 Å². The summed E-state index contributed by atoms with van der Waals surface area (Å²) in [7, 11) is 3.51. The smallest absolute Gasteiger partial charge is 0.244 e. The molecule has 0 bridgehead atoms. The van der Waals surface area contributed by atoms with Crippen LogP contribution in [0.4, 0.5) is 5.95 Å². The molecule has 1 aromatic carbocycles. The highest BCUT2D eigenvalue weighted by atomic mass is 16.5. The predicted molar refractivity (Wildman–Crippen MR) is 123 cm³/mol. The number of carbonyl (C=O) groups excluding carboxylic acids is 1. The van der Waals surface area contributed by atoms with Crippen molar-refractivity contribution in [2.45, 2.75) is 25.8 Å². The van der Waals surface area contributed by atoms with Gasteiger partial charge in [0.2, 0.25) is 17.7 Å². The summed E-state index contributed by atoms with van der Waals surface area (Å²) in [5.41, 5.74) is 4.64. The minimum absolute atomic E-state index is 0.176. The minimum Gasteiger partial charge on any atom is -0.479 e. The van der Waals surface area contributed by atoms with Gasteiger partial charge in [0, 0.05) is 44.9 Å². The van der Waals surface area contributed by atoms with E-state index in [-0.39, 0.29) is 5.91 Å². The van der Waals surface area contributed by atoms with Crippen molar-refractivity contribution in [2.75, 3.05) is 25.5 Å². The van der Waals surface area contributed by atoms with E-state index in [1.54, 1.807) is 18.7 Å². The molecule has 0 spiro atoms. The number of rotatable bonds is 4. The Kier molecular flexibility index (Phi) is 4.49. The number of amides is 1. The molecule has 2 aliphatic rings. The number of nitrogens with zero attached hydrogens (tertiary/aromatic N) is 7. The quantitative estimate of drug-likeness (QED) is 0.513. The highest BCUT2D eigenvalue weighted by molar-refractivity contribution is 5.89. The molecular weight excluding hydrogens is 420 g/mol. The summed E-state index contributed by atoms with van der Waals surface area (Å²) in [6, 6.07) is 8.38. The van der Waals surface area contributed by atoms with E-state index in [1.807, 2.05) is 40.9 Å². The molecule has 4 heterocycles. The third-order valence-electron chi connectivity index (χ3n) is 7.12. The fourth-order valence-corrected chi connectivity index (χ4v) is 5.48. The molecule has 6 rings (SSSR count). The molecule has 0 unspecified atom stereocenters. The third-order valence-corrected chi connectivity index (χ3v) is 7.12. The molecule has 4 aromatic rings. The predicted octanol–water partition coefficient (Wildman–Crippen LogP) is 2.36. The lowest BCUT2D eigenvalue weighted by molar-refractivity contribution is -0.128. The molecule has 2 fully saturated rings. The van der Waals surface area contributed by atoms with Crippen LogP contribution in [-0.2, 0) is 11.8 Å². The molecule has 1 saturated carbocycles. The van der Waals surface area contributed by atoms with Crippen LogP contribution < -0.4 is 10.1 Å². The highest BCUT2D eigenvalue weighted by Crippen LogP contribution is 2.39. The Bertz CT molecular complexity index is 1360. The van der Waals surface area contributed by atoms with E-state index in [9.17, 15) is 4.79 Å². The highest BCUT2D eigenvalue weighted by Gasteiger charge is 2.41. The van der Waals surface area contributed by atoms with Crippen molar-refractivity contribution < 1.29 is 9.53 Å². The summed E-state index contributed by atoms with van der Waals surface area (Å²) >= 11 is 0. The number of nitrogens with one attached hydrogen (secondary N) is 1. The first-order valence-corrected chi connectivity index (χ1v) is 11.3. The Balaban J connectivity index is 1.28. The SMILES string of the molecule is COc1nc(N[C@@H]2C[C@@H]3CN(C(C)=O)C[C@@H]3C2)nn2ccc(-c3ccc4nnn(C)c4c3)c12. The molecular formula is C23H26N8O2. The van der Waals surface area contributed by atoms with Gasteiger partial charge in [-0.05, 0) is 48.4 Å². The summed E-state index contributed by atoms with van der Waals surface area (Å²) in [4.78, 5) is 18.3. The lowest BCUT2D eigenvalue weighted by atomic mass is 10.0. The van der Waals surface area contributed by atoms with Crippen LogP contribution in [0.25, 0.3) is 27.7 Å². The molecule has 1 aliphatic heterocycles. The van der Waals surface area contributed by atoms with Gasteiger partial charge in [-0.25, -0.2) is 9.20 Å². The van der Waals surface area contributed by atoms with E-state index >= 15 is 0 Å². The van der Waals surface area contributed by atoms with Gasteiger partial charge >= 0.3 is 0 Å². The molecule has 10 nitrogen and oxygen atoms in total. The second-order valence-corrected chi connectivity index (χ2v) is 9.14. The summed E-state index contributed by atoms with van der Waals surface area (Å²) < 4.78 is 9.26. The maximum atomic E-state index is 11.7. The molecule has 1 aliphatic carbocycles. The largest absolute Gasteiger partial charge is 0.479 e. The number of hydrogen-bond acceptors (Lipinski definition) is 7. The zero-order valence-corrected chi connectivity index (χ0v) is 18.9. The van der Waals surface area contributed by atoms with Crippen molar-refractivity contribution in [3.05, 3.63) is 30.5 Å². The molecule has 1 N–H and O–H groups in total. The molecule has 0 radical (unpaired) electrons. The van der Waals surface area contributed by atoms with Crippen molar-refractivity contribution >= 4 is 28.4 Å². The molecule has 1 saturated heterocycles. The number of likely N-dealkylation sites (tertiary alicyclic amines) is 1. The first kappa shape index (κ1) is 20.0. The van der Waals surface area contributed by atoms with E-state index in [0.29, 0.717) is 29.7 Å². The second kappa shape index (κ2) is 7.43. The second-order valence-electron chi connectivity index (χ2n) is 9.14. The van der Waals surface area contributed by atoms with Crippen LogP contribution in [-0.4, -0.2) is 66.6 Å². The van der Waals surface area contributed by atoms with Crippen LogP contribution in [0.2, 0.25) is 0 Å². The van der Waals surface area contributed by atoms with E-state index in [1.165, 1.54) is 0 Å². The number of anilines is 1. The van der Waals surface area contributed by atoms with Crippen LogP contribution >= 0.6 is 0 Å². The molecule has 1 amide bonds. The van der Waals surface area contributed by atoms with Gasteiger partial charge < -0.3 is 15.0 Å². The number of aryl methyl sites for hydroxylation is 1. The minimum atomic E-state index is 0.176. The maximum absolute atomic E-state index is 11.7. The Labute approximate surface area is 190 Å². The van der Waals surface area contributed by atoms with Crippen LogP contribution in [0.1, 0.15) is 19.8 Å². The average Bonchev–Trinajstić information content (AvgIpc) is 3.56. The standard InChI is InChI=1S/C23H26N8O2/c1-13(32)30-11-15-8-17(9-16(15)12-30)24-23-25-22(33-3)21-18(6-7-31(21)27-23)14-4-5-19-20(10-14)29(2)28-26-19/h4-7,10,15-17H,8-9,11-12H2,1-3H3,(H,24,27)/t15-,16+,17-. The van der Waals surface area contributed by atoms with Gasteiger partial charge in [0.25, 0.3) is 0 Å². The van der Waals surface area contributed by atoms with E-state index < -0.39 is 0 Å². The maximum Gasteiger partial charge on any atom is 0.244 e. The van der Waals surface area contributed by atoms with Crippen molar-refractivity contribution in [2.24, 2.45) is 18.9 Å². The lowest BCUT2D eigenvalue weighted by Crippen LogP contribution is -2.29. The van der Waals surface area contributed by atoms with Gasteiger partial charge in [-0.2, -0.15) is 4.98 Å². The van der Waals surface area contributed by atoms with E-state index in [0.717, 1.165) is 53.6 Å². The Morgan fingerprint density at radius 1 is 1.18 bits per heavy atom. The molecule has 170 valence electrons. The first-order valence-electron chi connectivity index (χ1n) is 11.3. The molecule has 10 heteroatoms. The summed E-state index contributed by atoms with van der Waals surface area (Å²) in [6.07, 6.45) is 3.97. The number of fused-ring (bicyclic) bond motifs is 3. The first-order chi connectivity index (χ1) is 16.0. The fraction of sp³-hybridized carbons (Fsp3) is 0.435.